The minimum Gasteiger partial charge on any atom is -0.355 e. The first-order valence-electron chi connectivity index (χ1n) is 6.44. The average molecular weight is 324 g/mol. The maximum atomic E-state index is 11.9. The number of hydrogen-bond acceptors (Lipinski definition) is 3. The molecule has 0 unspecified atom stereocenters. The fourth-order valence-electron chi connectivity index (χ4n) is 1.71. The Morgan fingerprint density at radius 3 is 2.48 bits per heavy atom. The Morgan fingerprint density at radius 1 is 1.10 bits per heavy atom. The molecule has 0 aliphatic carbocycles. The van der Waals surface area contributed by atoms with Crippen molar-refractivity contribution in [3.05, 3.63) is 52.3 Å². The Balaban J connectivity index is 2.17. The number of carbonyl (C=O) groups excluding carboxylic acids is 1. The van der Waals surface area contributed by atoms with Gasteiger partial charge >= 0.3 is 0 Å². The number of anilines is 2. The maximum Gasteiger partial charge on any atom is 0.270 e. The number of pyridine rings is 1. The molecule has 0 aliphatic rings. The van der Waals surface area contributed by atoms with E-state index in [4.69, 9.17) is 23.2 Å². The van der Waals surface area contributed by atoms with E-state index in [1.54, 1.807) is 30.5 Å². The van der Waals surface area contributed by atoms with Crippen LogP contribution in [-0.2, 0) is 0 Å². The molecule has 6 heteroatoms. The second-order valence-electron chi connectivity index (χ2n) is 4.81. The van der Waals surface area contributed by atoms with Crippen LogP contribution in [0.2, 0.25) is 10.0 Å². The monoisotopic (exact) mass is 323 g/mol. The van der Waals surface area contributed by atoms with E-state index in [-0.39, 0.29) is 11.9 Å². The van der Waals surface area contributed by atoms with E-state index in [0.29, 0.717) is 15.7 Å². The van der Waals surface area contributed by atoms with E-state index < -0.39 is 0 Å². The summed E-state index contributed by atoms with van der Waals surface area (Å²) in [7, 11) is 0. The number of hydrogen-bond donors (Lipinski definition) is 2. The number of rotatable bonds is 4. The van der Waals surface area contributed by atoms with Gasteiger partial charge in [-0.05, 0) is 44.2 Å². The smallest absolute Gasteiger partial charge is 0.270 e. The van der Waals surface area contributed by atoms with Crippen molar-refractivity contribution in [2.75, 3.05) is 5.32 Å². The van der Waals surface area contributed by atoms with Gasteiger partial charge in [0, 0.05) is 23.6 Å². The first kappa shape index (κ1) is 15.6. The van der Waals surface area contributed by atoms with Crippen molar-refractivity contribution in [1.82, 2.24) is 10.3 Å². The normalized spacial score (nSPS) is 10.5. The van der Waals surface area contributed by atoms with Crippen molar-refractivity contribution in [2.45, 2.75) is 19.9 Å². The molecule has 1 amide bonds. The summed E-state index contributed by atoms with van der Waals surface area (Å²) in [4.78, 5) is 16.0. The SMILES string of the molecule is CC(C)NC(=O)c1cc(Nc2ccc(Cl)c(Cl)c2)ccn1. The largest absolute Gasteiger partial charge is 0.355 e. The Hall–Kier alpha value is -1.78. The molecule has 110 valence electrons. The Kier molecular flexibility index (Phi) is 5.04. The number of aromatic nitrogens is 1. The highest BCUT2D eigenvalue weighted by molar-refractivity contribution is 6.42. The molecule has 2 N–H and O–H groups in total. The number of nitrogens with zero attached hydrogens (tertiary/aromatic N) is 1. The number of amides is 1. The van der Waals surface area contributed by atoms with Crippen molar-refractivity contribution in [2.24, 2.45) is 0 Å². The minimum atomic E-state index is -0.206. The Labute approximate surface area is 133 Å². The summed E-state index contributed by atoms with van der Waals surface area (Å²) in [5.74, 6) is -0.206. The molecule has 1 aromatic carbocycles. The molecule has 0 atom stereocenters. The van der Waals surface area contributed by atoms with E-state index >= 15 is 0 Å². The molecule has 0 saturated carbocycles. The van der Waals surface area contributed by atoms with E-state index in [0.717, 1.165) is 11.4 Å². The maximum absolute atomic E-state index is 11.9. The molecule has 0 saturated heterocycles. The summed E-state index contributed by atoms with van der Waals surface area (Å²) >= 11 is 11.8. The topological polar surface area (TPSA) is 54.0 Å². The van der Waals surface area contributed by atoms with E-state index in [1.807, 2.05) is 19.9 Å². The summed E-state index contributed by atoms with van der Waals surface area (Å²) in [6.45, 7) is 3.80. The fourth-order valence-corrected chi connectivity index (χ4v) is 2.01. The summed E-state index contributed by atoms with van der Waals surface area (Å²) in [5, 5.41) is 6.92. The van der Waals surface area contributed by atoms with Crippen molar-refractivity contribution in [3.63, 3.8) is 0 Å². The summed E-state index contributed by atoms with van der Waals surface area (Å²) in [6.07, 6.45) is 1.58. The van der Waals surface area contributed by atoms with Gasteiger partial charge in [0.2, 0.25) is 0 Å². The highest BCUT2D eigenvalue weighted by atomic mass is 35.5. The third kappa shape index (κ3) is 4.34. The highest BCUT2D eigenvalue weighted by Gasteiger charge is 2.09. The molecule has 1 heterocycles. The number of nitrogens with one attached hydrogen (secondary N) is 2. The average Bonchev–Trinajstić information content (AvgIpc) is 2.42. The molecule has 0 spiro atoms. The van der Waals surface area contributed by atoms with Gasteiger partial charge in [0.05, 0.1) is 10.0 Å². The highest BCUT2D eigenvalue weighted by Crippen LogP contribution is 2.26. The molecular weight excluding hydrogens is 309 g/mol. The van der Waals surface area contributed by atoms with E-state index in [9.17, 15) is 4.79 Å². The molecule has 2 aromatic rings. The molecule has 0 radical (unpaired) electrons. The standard InChI is InChI=1S/C15H15Cl2N3O/c1-9(2)19-15(21)14-8-11(5-6-18-14)20-10-3-4-12(16)13(17)7-10/h3-9H,1-2H3,(H,18,20)(H,19,21). The predicted molar refractivity (Wildman–Crippen MR) is 86.6 cm³/mol. The van der Waals surface area contributed by atoms with Crippen LogP contribution < -0.4 is 10.6 Å². The van der Waals surface area contributed by atoms with Crippen LogP contribution in [0, 0.1) is 0 Å². The van der Waals surface area contributed by atoms with Gasteiger partial charge in [-0.2, -0.15) is 0 Å². The number of carbonyl (C=O) groups is 1. The van der Waals surface area contributed by atoms with Crippen LogP contribution in [0.4, 0.5) is 11.4 Å². The molecule has 21 heavy (non-hydrogen) atoms. The number of halogens is 2. The van der Waals surface area contributed by atoms with Gasteiger partial charge in [-0.25, -0.2) is 0 Å². The number of benzene rings is 1. The van der Waals surface area contributed by atoms with Crippen LogP contribution in [0.1, 0.15) is 24.3 Å². The van der Waals surface area contributed by atoms with Crippen LogP contribution >= 0.6 is 23.2 Å². The first-order valence-corrected chi connectivity index (χ1v) is 7.20. The van der Waals surface area contributed by atoms with Gasteiger partial charge in [-0.1, -0.05) is 23.2 Å². The molecule has 0 fully saturated rings. The second kappa shape index (κ2) is 6.78. The quantitative estimate of drug-likeness (QED) is 0.883. The van der Waals surface area contributed by atoms with Crippen molar-refractivity contribution in [3.8, 4) is 0 Å². The van der Waals surface area contributed by atoms with Crippen LogP contribution in [0.5, 0.6) is 0 Å². The third-order valence-corrected chi connectivity index (χ3v) is 3.36. The summed E-state index contributed by atoms with van der Waals surface area (Å²) in [6, 6.07) is 8.75. The van der Waals surface area contributed by atoms with Crippen LogP contribution in [0.25, 0.3) is 0 Å². The van der Waals surface area contributed by atoms with Gasteiger partial charge in [0.25, 0.3) is 5.91 Å². The fraction of sp³-hybridized carbons (Fsp3) is 0.200. The molecule has 0 aliphatic heterocycles. The van der Waals surface area contributed by atoms with Gasteiger partial charge in [-0.15, -0.1) is 0 Å². The van der Waals surface area contributed by atoms with Gasteiger partial charge in [0.15, 0.2) is 0 Å². The molecule has 2 rings (SSSR count). The zero-order valence-corrected chi connectivity index (χ0v) is 13.2. The molecule has 0 bridgehead atoms. The Bertz CT molecular complexity index is 659. The zero-order valence-electron chi connectivity index (χ0n) is 11.7. The van der Waals surface area contributed by atoms with Crippen LogP contribution in [-0.4, -0.2) is 16.9 Å². The lowest BCUT2D eigenvalue weighted by Crippen LogP contribution is -2.30. The molecular formula is C15H15Cl2N3O. The van der Waals surface area contributed by atoms with Crippen LogP contribution in [0.15, 0.2) is 36.5 Å². The van der Waals surface area contributed by atoms with E-state index in [2.05, 4.69) is 15.6 Å². The lowest BCUT2D eigenvalue weighted by molar-refractivity contribution is 0.0938. The Morgan fingerprint density at radius 2 is 1.81 bits per heavy atom. The first-order chi connectivity index (χ1) is 9.95. The summed E-state index contributed by atoms with van der Waals surface area (Å²) < 4.78 is 0. The molecule has 1 aromatic heterocycles. The van der Waals surface area contributed by atoms with Gasteiger partial charge < -0.3 is 10.6 Å². The minimum absolute atomic E-state index is 0.0611. The lowest BCUT2D eigenvalue weighted by Gasteiger charge is -2.10. The lowest BCUT2D eigenvalue weighted by atomic mass is 10.2. The van der Waals surface area contributed by atoms with Crippen LogP contribution in [0.3, 0.4) is 0 Å². The van der Waals surface area contributed by atoms with Crippen molar-refractivity contribution in [1.29, 1.82) is 0 Å². The van der Waals surface area contributed by atoms with Gasteiger partial charge in [-0.3, -0.25) is 9.78 Å². The van der Waals surface area contributed by atoms with Crippen molar-refractivity contribution < 1.29 is 4.79 Å². The second-order valence-corrected chi connectivity index (χ2v) is 5.63. The zero-order chi connectivity index (χ0) is 15.4. The predicted octanol–water partition coefficient (Wildman–Crippen LogP) is 4.27. The van der Waals surface area contributed by atoms with E-state index in [1.165, 1.54) is 0 Å². The van der Waals surface area contributed by atoms with Crippen molar-refractivity contribution >= 4 is 40.5 Å². The third-order valence-electron chi connectivity index (χ3n) is 2.62. The van der Waals surface area contributed by atoms with Gasteiger partial charge in [0.1, 0.15) is 5.69 Å². The molecule has 4 nitrogen and oxygen atoms in total. The summed E-state index contributed by atoms with van der Waals surface area (Å²) in [5.41, 5.74) is 1.89.